The number of hydrogen-bond acceptors (Lipinski definition) is 4. The Balaban J connectivity index is 1.94. The number of nitrogens with one attached hydrogen (secondary N) is 2. The van der Waals surface area contributed by atoms with Gasteiger partial charge in [-0.3, -0.25) is 4.79 Å². The van der Waals surface area contributed by atoms with Gasteiger partial charge in [-0.25, -0.2) is 19.2 Å². The molecule has 3 rings (SSSR count). The van der Waals surface area contributed by atoms with E-state index in [4.69, 9.17) is 11.6 Å². The molecule has 2 unspecified atom stereocenters. The highest BCUT2D eigenvalue weighted by atomic mass is 35.5. The summed E-state index contributed by atoms with van der Waals surface area (Å²) < 4.78 is 51.9. The molecule has 1 saturated heterocycles. The van der Waals surface area contributed by atoms with Crippen LogP contribution in [-0.2, 0) is 11.0 Å². The molecule has 1 aromatic heterocycles. The Hall–Kier alpha value is -2.95. The van der Waals surface area contributed by atoms with E-state index < -0.39 is 35.9 Å². The zero-order valence-electron chi connectivity index (χ0n) is 15.5. The van der Waals surface area contributed by atoms with Crippen LogP contribution in [0.5, 0.6) is 0 Å². The molecule has 30 heavy (non-hydrogen) atoms. The summed E-state index contributed by atoms with van der Waals surface area (Å²) in [7, 11) is 0. The number of aromatic nitrogens is 2. The lowest BCUT2D eigenvalue weighted by Crippen LogP contribution is -2.58. The van der Waals surface area contributed by atoms with Gasteiger partial charge in [0, 0.05) is 31.0 Å². The molecular formula is C18H16ClF4N5O2. The number of piperazine rings is 1. The average molecular weight is 446 g/mol. The maximum Gasteiger partial charge on any atom is 0.451 e. The van der Waals surface area contributed by atoms with Crippen LogP contribution >= 0.6 is 11.6 Å². The summed E-state index contributed by atoms with van der Waals surface area (Å²) in [5.74, 6) is -2.37. The molecule has 160 valence electrons. The van der Waals surface area contributed by atoms with Crippen molar-refractivity contribution in [3.63, 3.8) is 0 Å². The Kier molecular flexibility index (Phi) is 6.11. The summed E-state index contributed by atoms with van der Waals surface area (Å²) in [6.07, 6.45) is -2.89. The first-order chi connectivity index (χ1) is 14.1. The molecule has 0 bridgehead atoms. The Labute approximate surface area is 173 Å². The van der Waals surface area contributed by atoms with Crippen molar-refractivity contribution in [3.05, 3.63) is 58.4 Å². The van der Waals surface area contributed by atoms with Crippen molar-refractivity contribution in [1.29, 1.82) is 0 Å². The van der Waals surface area contributed by atoms with Gasteiger partial charge in [-0.15, -0.1) is 0 Å². The second-order valence-corrected chi connectivity index (χ2v) is 6.96. The van der Waals surface area contributed by atoms with Gasteiger partial charge in [0.25, 0.3) is 0 Å². The van der Waals surface area contributed by atoms with E-state index in [1.54, 1.807) is 6.92 Å². The Morgan fingerprint density at radius 2 is 1.97 bits per heavy atom. The fourth-order valence-electron chi connectivity index (χ4n) is 2.95. The van der Waals surface area contributed by atoms with E-state index in [1.165, 1.54) is 17.0 Å². The standard InChI is InChI=1S/C18H16ClF4N5O2/c1-9-15(29)24-4-5-28(9)17(30)27-14(10-2-3-13(20)12(19)6-10)11-7-25-16(26-8-11)18(21,22)23/h2-3,6-9,14H,4-5H2,1H3,(H,24,29)(H,27,30). The minimum absolute atomic E-state index is 0.119. The average Bonchev–Trinajstić information content (AvgIpc) is 2.69. The normalized spacial score (nSPS) is 18.0. The number of carbonyl (C=O) groups is 2. The largest absolute Gasteiger partial charge is 0.451 e. The minimum atomic E-state index is -4.73. The van der Waals surface area contributed by atoms with Gasteiger partial charge in [-0.05, 0) is 24.6 Å². The molecule has 1 fully saturated rings. The molecule has 0 aliphatic carbocycles. The maximum atomic E-state index is 13.6. The van der Waals surface area contributed by atoms with Gasteiger partial charge in [-0.2, -0.15) is 13.2 Å². The minimum Gasteiger partial charge on any atom is -0.353 e. The fraction of sp³-hybridized carbons (Fsp3) is 0.333. The van der Waals surface area contributed by atoms with Crippen molar-refractivity contribution in [2.75, 3.05) is 13.1 Å². The zero-order valence-corrected chi connectivity index (χ0v) is 16.3. The molecule has 12 heteroatoms. The zero-order chi connectivity index (χ0) is 22.1. The van der Waals surface area contributed by atoms with Crippen molar-refractivity contribution in [2.24, 2.45) is 0 Å². The van der Waals surface area contributed by atoms with E-state index in [9.17, 15) is 27.2 Å². The first-order valence-corrected chi connectivity index (χ1v) is 9.14. The topological polar surface area (TPSA) is 87.2 Å². The molecule has 7 nitrogen and oxygen atoms in total. The van der Waals surface area contributed by atoms with E-state index in [2.05, 4.69) is 20.6 Å². The molecule has 1 aromatic carbocycles. The molecule has 1 aliphatic heterocycles. The maximum absolute atomic E-state index is 13.6. The van der Waals surface area contributed by atoms with Crippen LogP contribution in [0, 0.1) is 5.82 Å². The van der Waals surface area contributed by atoms with Crippen molar-refractivity contribution in [2.45, 2.75) is 25.2 Å². The number of alkyl halides is 3. The summed E-state index contributed by atoms with van der Waals surface area (Å²) in [5.41, 5.74) is 0.417. The van der Waals surface area contributed by atoms with Crippen molar-refractivity contribution < 1.29 is 27.2 Å². The third kappa shape index (κ3) is 4.61. The third-order valence-corrected chi connectivity index (χ3v) is 4.85. The van der Waals surface area contributed by atoms with Crippen LogP contribution in [0.15, 0.2) is 30.6 Å². The number of nitrogens with zero attached hydrogens (tertiary/aromatic N) is 3. The van der Waals surface area contributed by atoms with Crippen molar-refractivity contribution in [3.8, 4) is 0 Å². The summed E-state index contributed by atoms with van der Waals surface area (Å²) in [6, 6.07) is 1.22. The highest BCUT2D eigenvalue weighted by Crippen LogP contribution is 2.29. The van der Waals surface area contributed by atoms with E-state index in [0.29, 0.717) is 5.56 Å². The molecule has 1 aliphatic rings. The Morgan fingerprint density at radius 3 is 2.57 bits per heavy atom. The van der Waals surface area contributed by atoms with Crippen LogP contribution in [0.3, 0.4) is 0 Å². The van der Waals surface area contributed by atoms with Crippen molar-refractivity contribution >= 4 is 23.5 Å². The highest BCUT2D eigenvalue weighted by molar-refractivity contribution is 6.30. The predicted molar refractivity (Wildman–Crippen MR) is 98.0 cm³/mol. The molecular weight excluding hydrogens is 430 g/mol. The second kappa shape index (κ2) is 8.42. The summed E-state index contributed by atoms with van der Waals surface area (Å²) in [6.45, 7) is 2.03. The van der Waals surface area contributed by atoms with Crippen LogP contribution < -0.4 is 10.6 Å². The van der Waals surface area contributed by atoms with Gasteiger partial charge in [0.2, 0.25) is 11.7 Å². The molecule has 2 heterocycles. The number of rotatable bonds is 3. The fourth-order valence-corrected chi connectivity index (χ4v) is 3.14. The van der Waals surface area contributed by atoms with Gasteiger partial charge >= 0.3 is 12.2 Å². The number of amides is 3. The lowest BCUT2D eigenvalue weighted by Gasteiger charge is -2.34. The SMILES string of the molecule is CC1C(=O)NCCN1C(=O)NC(c1cnc(C(F)(F)F)nc1)c1ccc(F)c(Cl)c1. The lowest BCUT2D eigenvalue weighted by molar-refractivity contribution is -0.145. The number of benzene rings is 1. The smallest absolute Gasteiger partial charge is 0.353 e. The number of urea groups is 1. The van der Waals surface area contributed by atoms with Gasteiger partial charge in [0.15, 0.2) is 0 Å². The van der Waals surface area contributed by atoms with Crippen LogP contribution in [-0.4, -0.2) is 45.9 Å². The van der Waals surface area contributed by atoms with Gasteiger partial charge in [0.05, 0.1) is 11.1 Å². The lowest BCUT2D eigenvalue weighted by atomic mass is 10.0. The van der Waals surface area contributed by atoms with Crippen LogP contribution in [0.1, 0.15) is 29.9 Å². The Bertz CT molecular complexity index is 955. The van der Waals surface area contributed by atoms with E-state index in [-0.39, 0.29) is 29.6 Å². The molecule has 0 saturated carbocycles. The first kappa shape index (κ1) is 21.8. The summed E-state index contributed by atoms with van der Waals surface area (Å²) in [5, 5.41) is 5.03. The van der Waals surface area contributed by atoms with Gasteiger partial charge in [0.1, 0.15) is 11.9 Å². The van der Waals surface area contributed by atoms with Crippen LogP contribution in [0.2, 0.25) is 5.02 Å². The van der Waals surface area contributed by atoms with Gasteiger partial charge in [-0.1, -0.05) is 17.7 Å². The molecule has 0 radical (unpaired) electrons. The van der Waals surface area contributed by atoms with Gasteiger partial charge < -0.3 is 15.5 Å². The molecule has 2 aromatic rings. The number of halogens is 5. The summed E-state index contributed by atoms with van der Waals surface area (Å²) >= 11 is 5.83. The third-order valence-electron chi connectivity index (χ3n) is 4.56. The molecule has 2 atom stereocenters. The van der Waals surface area contributed by atoms with Crippen LogP contribution in [0.25, 0.3) is 0 Å². The molecule has 0 spiro atoms. The highest BCUT2D eigenvalue weighted by Gasteiger charge is 2.35. The number of hydrogen-bond donors (Lipinski definition) is 2. The molecule has 3 amide bonds. The second-order valence-electron chi connectivity index (χ2n) is 6.55. The van der Waals surface area contributed by atoms with E-state index in [1.807, 2.05) is 0 Å². The van der Waals surface area contributed by atoms with Crippen molar-refractivity contribution in [1.82, 2.24) is 25.5 Å². The monoisotopic (exact) mass is 445 g/mol. The van der Waals surface area contributed by atoms with E-state index >= 15 is 0 Å². The van der Waals surface area contributed by atoms with E-state index in [0.717, 1.165) is 18.5 Å². The number of carbonyl (C=O) groups excluding carboxylic acids is 2. The Morgan fingerprint density at radius 1 is 1.30 bits per heavy atom. The predicted octanol–water partition coefficient (Wildman–Crippen LogP) is 2.91. The first-order valence-electron chi connectivity index (χ1n) is 8.77. The quantitative estimate of drug-likeness (QED) is 0.711. The molecule has 2 N–H and O–H groups in total. The van der Waals surface area contributed by atoms with Crippen LogP contribution in [0.4, 0.5) is 22.4 Å². The summed E-state index contributed by atoms with van der Waals surface area (Å²) in [4.78, 5) is 32.5.